The van der Waals surface area contributed by atoms with E-state index in [1.807, 2.05) is 0 Å². The van der Waals surface area contributed by atoms with Crippen LogP contribution in [0.4, 0.5) is 0 Å². The summed E-state index contributed by atoms with van der Waals surface area (Å²) >= 11 is 0. The smallest absolute Gasteiger partial charge is 0.00694 e. The molecule has 1 saturated carbocycles. The first-order valence-corrected chi connectivity index (χ1v) is 8.47. The zero-order valence-electron chi connectivity index (χ0n) is 13.5. The van der Waals surface area contributed by atoms with E-state index in [2.05, 4.69) is 50.4 Å². The van der Waals surface area contributed by atoms with Gasteiger partial charge in [-0.15, -0.1) is 0 Å². The summed E-state index contributed by atoms with van der Waals surface area (Å²) in [6.45, 7) is 6.91. The van der Waals surface area contributed by atoms with Gasteiger partial charge in [0.25, 0.3) is 0 Å². The molecule has 1 N–H and O–H groups in total. The van der Waals surface area contributed by atoms with E-state index in [0.29, 0.717) is 12.1 Å². The van der Waals surface area contributed by atoms with Gasteiger partial charge in [-0.05, 0) is 57.9 Å². The van der Waals surface area contributed by atoms with E-state index in [1.165, 1.54) is 56.1 Å². The van der Waals surface area contributed by atoms with E-state index >= 15 is 0 Å². The van der Waals surface area contributed by atoms with Crippen molar-refractivity contribution in [2.75, 3.05) is 0 Å². The molecule has 1 unspecified atom stereocenters. The van der Waals surface area contributed by atoms with Crippen molar-refractivity contribution in [3.63, 3.8) is 0 Å². The number of hydrogen-bond acceptors (Lipinski definition) is 1. The van der Waals surface area contributed by atoms with Gasteiger partial charge in [-0.25, -0.2) is 0 Å². The largest absolute Gasteiger partial charge is 0.311 e. The van der Waals surface area contributed by atoms with Gasteiger partial charge in [0, 0.05) is 12.1 Å². The van der Waals surface area contributed by atoms with Crippen LogP contribution in [0.5, 0.6) is 0 Å². The summed E-state index contributed by atoms with van der Waals surface area (Å²) in [5.41, 5.74) is 2.85. The van der Waals surface area contributed by atoms with Crippen molar-refractivity contribution in [1.29, 1.82) is 0 Å². The summed E-state index contributed by atoms with van der Waals surface area (Å²) in [4.78, 5) is 0. The van der Waals surface area contributed by atoms with Gasteiger partial charge in [-0.1, -0.05) is 49.1 Å². The number of hydrogen-bond donors (Lipinski definition) is 1. The summed E-state index contributed by atoms with van der Waals surface area (Å²) in [5, 5.41) is 3.83. The summed E-state index contributed by atoms with van der Waals surface area (Å²) in [6.07, 6.45) is 9.61. The quantitative estimate of drug-likeness (QED) is 0.779. The average Bonchev–Trinajstić information content (AvgIpc) is 2.46. The molecule has 0 amide bonds. The third-order valence-electron chi connectivity index (χ3n) is 4.85. The van der Waals surface area contributed by atoms with Crippen LogP contribution in [0.15, 0.2) is 24.3 Å². The Hall–Kier alpha value is -0.820. The van der Waals surface area contributed by atoms with E-state index in [4.69, 9.17) is 0 Å². The Kier molecular flexibility index (Phi) is 6.09. The number of aryl methyl sites for hydroxylation is 2. The van der Waals surface area contributed by atoms with Crippen molar-refractivity contribution in [1.82, 2.24) is 5.32 Å². The van der Waals surface area contributed by atoms with Crippen LogP contribution in [0.3, 0.4) is 0 Å². The van der Waals surface area contributed by atoms with Gasteiger partial charge in [-0.3, -0.25) is 0 Å². The van der Waals surface area contributed by atoms with Crippen molar-refractivity contribution < 1.29 is 0 Å². The van der Waals surface area contributed by atoms with Gasteiger partial charge in [0.05, 0.1) is 0 Å². The Balaban J connectivity index is 1.73. The molecule has 0 heterocycles. The molecule has 1 aromatic carbocycles. The van der Waals surface area contributed by atoms with Crippen molar-refractivity contribution in [3.05, 3.63) is 35.4 Å². The van der Waals surface area contributed by atoms with Gasteiger partial charge in [0.2, 0.25) is 0 Å². The van der Waals surface area contributed by atoms with Crippen molar-refractivity contribution >= 4 is 0 Å². The molecule has 1 aromatic rings. The maximum absolute atomic E-state index is 3.83. The summed E-state index contributed by atoms with van der Waals surface area (Å²) < 4.78 is 0. The molecule has 0 spiro atoms. The Morgan fingerprint density at radius 1 is 1.15 bits per heavy atom. The Labute approximate surface area is 125 Å². The molecule has 112 valence electrons. The lowest BCUT2D eigenvalue weighted by Crippen LogP contribution is -2.40. The van der Waals surface area contributed by atoms with Gasteiger partial charge in [0.1, 0.15) is 0 Å². The minimum atomic E-state index is 0.618. The van der Waals surface area contributed by atoms with Crippen LogP contribution in [0.1, 0.15) is 63.5 Å². The molecule has 0 radical (unpaired) electrons. The van der Waals surface area contributed by atoms with E-state index in [1.54, 1.807) is 0 Å². The molecule has 2 atom stereocenters. The van der Waals surface area contributed by atoms with Crippen LogP contribution in [-0.4, -0.2) is 12.1 Å². The second-order valence-electron chi connectivity index (χ2n) is 6.78. The molecule has 1 aliphatic carbocycles. The highest BCUT2D eigenvalue weighted by Gasteiger charge is 2.20. The van der Waals surface area contributed by atoms with Gasteiger partial charge < -0.3 is 5.32 Å². The number of nitrogens with one attached hydrogen (secondary N) is 1. The summed E-state index contributed by atoms with van der Waals surface area (Å²) in [5.74, 6) is 0.908. The highest BCUT2D eigenvalue weighted by atomic mass is 14.9. The first kappa shape index (κ1) is 15.6. The second kappa shape index (κ2) is 7.83. The minimum absolute atomic E-state index is 0.618. The Morgan fingerprint density at radius 3 is 2.60 bits per heavy atom. The molecular formula is C19H31N. The third kappa shape index (κ3) is 4.94. The predicted octanol–water partition coefficient (Wildman–Crippen LogP) is 4.87. The van der Waals surface area contributed by atoms with E-state index in [0.717, 1.165) is 5.92 Å². The number of rotatable bonds is 6. The first-order valence-electron chi connectivity index (χ1n) is 8.47. The van der Waals surface area contributed by atoms with E-state index < -0.39 is 0 Å². The standard InChI is InChI=1S/C19H31N/c1-15-8-7-9-18(14-15)13-12-16(2)20-17(3)19-10-5-4-6-11-19/h7-9,14,16-17,19-20H,4-6,10-13H2,1-3H3/t16?,17-/m1/s1. The fourth-order valence-corrected chi connectivity index (χ4v) is 3.55. The molecule has 0 aromatic heterocycles. The third-order valence-corrected chi connectivity index (χ3v) is 4.85. The highest BCUT2D eigenvalue weighted by Crippen LogP contribution is 2.26. The van der Waals surface area contributed by atoms with Crippen LogP contribution in [0, 0.1) is 12.8 Å². The predicted molar refractivity (Wildman–Crippen MR) is 88.1 cm³/mol. The fourth-order valence-electron chi connectivity index (χ4n) is 3.55. The van der Waals surface area contributed by atoms with Crippen molar-refractivity contribution in [2.45, 2.75) is 77.8 Å². The molecule has 0 aliphatic heterocycles. The maximum atomic E-state index is 3.83. The Bertz CT molecular complexity index is 393. The molecule has 0 saturated heterocycles. The van der Waals surface area contributed by atoms with Crippen LogP contribution in [0.25, 0.3) is 0 Å². The van der Waals surface area contributed by atoms with Crippen molar-refractivity contribution in [2.24, 2.45) is 5.92 Å². The molecule has 20 heavy (non-hydrogen) atoms. The highest BCUT2D eigenvalue weighted by molar-refractivity contribution is 5.22. The lowest BCUT2D eigenvalue weighted by Gasteiger charge is -2.30. The normalized spacial score (nSPS) is 19.8. The fraction of sp³-hybridized carbons (Fsp3) is 0.684. The topological polar surface area (TPSA) is 12.0 Å². The van der Waals surface area contributed by atoms with Crippen LogP contribution >= 0.6 is 0 Å². The lowest BCUT2D eigenvalue weighted by atomic mass is 9.84. The summed E-state index contributed by atoms with van der Waals surface area (Å²) in [6, 6.07) is 10.2. The van der Waals surface area contributed by atoms with Crippen LogP contribution in [-0.2, 0) is 6.42 Å². The van der Waals surface area contributed by atoms with Crippen LogP contribution in [0.2, 0.25) is 0 Å². The lowest BCUT2D eigenvalue weighted by molar-refractivity contribution is 0.264. The molecule has 0 bridgehead atoms. The van der Waals surface area contributed by atoms with Gasteiger partial charge in [-0.2, -0.15) is 0 Å². The SMILES string of the molecule is Cc1cccc(CCC(C)N[C@H](C)C2CCCCC2)c1. The maximum Gasteiger partial charge on any atom is 0.00694 e. The van der Waals surface area contributed by atoms with Crippen molar-refractivity contribution in [3.8, 4) is 0 Å². The van der Waals surface area contributed by atoms with Crippen LogP contribution < -0.4 is 5.32 Å². The van der Waals surface area contributed by atoms with Gasteiger partial charge in [0.15, 0.2) is 0 Å². The van der Waals surface area contributed by atoms with E-state index in [-0.39, 0.29) is 0 Å². The zero-order valence-corrected chi connectivity index (χ0v) is 13.5. The number of benzene rings is 1. The molecular weight excluding hydrogens is 242 g/mol. The molecule has 1 aliphatic rings. The second-order valence-corrected chi connectivity index (χ2v) is 6.78. The molecule has 1 fully saturated rings. The Morgan fingerprint density at radius 2 is 1.90 bits per heavy atom. The van der Waals surface area contributed by atoms with Gasteiger partial charge >= 0.3 is 0 Å². The molecule has 2 rings (SSSR count). The average molecular weight is 273 g/mol. The van der Waals surface area contributed by atoms with E-state index in [9.17, 15) is 0 Å². The zero-order chi connectivity index (χ0) is 14.4. The first-order chi connectivity index (χ1) is 9.65. The summed E-state index contributed by atoms with van der Waals surface area (Å²) in [7, 11) is 0. The minimum Gasteiger partial charge on any atom is -0.311 e. The molecule has 1 heteroatoms. The molecule has 1 nitrogen and oxygen atoms in total. The monoisotopic (exact) mass is 273 g/mol.